The van der Waals surface area contributed by atoms with E-state index in [1.165, 1.54) is 17.5 Å². The molecule has 0 spiro atoms. The third-order valence-electron chi connectivity index (χ3n) is 3.79. The number of fused-ring (bicyclic) bond motifs is 1. The first-order chi connectivity index (χ1) is 8.52. The molecule has 2 heteroatoms. The quantitative estimate of drug-likeness (QED) is 0.866. The highest BCUT2D eigenvalue weighted by atomic mass is 16.5. The highest BCUT2D eigenvalue weighted by molar-refractivity contribution is 5.42. The van der Waals surface area contributed by atoms with Gasteiger partial charge in [-0.3, -0.25) is 0 Å². The molecule has 0 aromatic heterocycles. The second-order valence-electron chi connectivity index (χ2n) is 6.27. The van der Waals surface area contributed by atoms with Gasteiger partial charge < -0.3 is 10.5 Å². The van der Waals surface area contributed by atoms with Gasteiger partial charge in [-0.25, -0.2) is 0 Å². The van der Waals surface area contributed by atoms with Crippen LogP contribution in [0.15, 0.2) is 18.2 Å². The summed E-state index contributed by atoms with van der Waals surface area (Å²) < 4.78 is 5.85. The maximum Gasteiger partial charge on any atom is 0.122 e. The minimum absolute atomic E-state index is 0.189. The number of benzene rings is 1. The first-order valence-corrected chi connectivity index (χ1v) is 6.99. The average Bonchev–Trinajstić information content (AvgIpc) is 2.51. The molecule has 2 rings (SSSR count). The van der Waals surface area contributed by atoms with Crippen LogP contribution in [0.1, 0.15) is 57.1 Å². The van der Waals surface area contributed by atoms with Crippen molar-refractivity contribution in [2.75, 3.05) is 13.2 Å². The van der Waals surface area contributed by atoms with Crippen LogP contribution in [0.4, 0.5) is 0 Å². The zero-order valence-electron chi connectivity index (χ0n) is 11.8. The zero-order valence-corrected chi connectivity index (χ0v) is 11.8. The molecular weight excluding hydrogens is 222 g/mol. The average molecular weight is 247 g/mol. The van der Waals surface area contributed by atoms with Gasteiger partial charge >= 0.3 is 0 Å². The summed E-state index contributed by atoms with van der Waals surface area (Å²) in [5, 5.41) is 0. The Balaban J connectivity index is 2.39. The lowest BCUT2D eigenvalue weighted by atomic mass is 9.83. The van der Waals surface area contributed by atoms with Gasteiger partial charge in [-0.1, -0.05) is 32.9 Å². The number of rotatable bonds is 2. The van der Waals surface area contributed by atoms with Crippen molar-refractivity contribution >= 4 is 0 Å². The molecule has 0 radical (unpaired) electrons. The molecule has 1 aromatic rings. The molecule has 0 saturated carbocycles. The fourth-order valence-electron chi connectivity index (χ4n) is 2.63. The van der Waals surface area contributed by atoms with Gasteiger partial charge in [0.05, 0.1) is 6.61 Å². The fraction of sp³-hybridized carbons (Fsp3) is 0.625. The first-order valence-electron chi connectivity index (χ1n) is 6.99. The summed E-state index contributed by atoms with van der Waals surface area (Å²) in [6.07, 6.45) is 3.38. The molecule has 1 aliphatic heterocycles. The third kappa shape index (κ3) is 2.86. The van der Waals surface area contributed by atoms with Gasteiger partial charge in [-0.05, 0) is 54.3 Å². The van der Waals surface area contributed by atoms with Gasteiger partial charge in [0.2, 0.25) is 0 Å². The van der Waals surface area contributed by atoms with Crippen molar-refractivity contribution in [2.24, 2.45) is 5.73 Å². The van der Waals surface area contributed by atoms with Crippen LogP contribution in [0.25, 0.3) is 0 Å². The van der Waals surface area contributed by atoms with E-state index in [0.29, 0.717) is 5.92 Å². The number of nitrogens with two attached hydrogens (primary N) is 1. The Morgan fingerprint density at radius 3 is 2.78 bits per heavy atom. The zero-order chi connectivity index (χ0) is 13.2. The van der Waals surface area contributed by atoms with Crippen molar-refractivity contribution in [3.8, 4) is 5.75 Å². The molecule has 18 heavy (non-hydrogen) atoms. The van der Waals surface area contributed by atoms with E-state index in [2.05, 4.69) is 39.0 Å². The monoisotopic (exact) mass is 247 g/mol. The number of hydrogen-bond acceptors (Lipinski definition) is 2. The molecule has 0 saturated heterocycles. The van der Waals surface area contributed by atoms with Gasteiger partial charge in [0.25, 0.3) is 0 Å². The Kier molecular flexibility index (Phi) is 3.96. The highest BCUT2D eigenvalue weighted by Gasteiger charge is 2.22. The predicted molar refractivity (Wildman–Crippen MR) is 76.3 cm³/mol. The minimum atomic E-state index is 0.189. The van der Waals surface area contributed by atoms with Crippen LogP contribution >= 0.6 is 0 Å². The second kappa shape index (κ2) is 5.31. The van der Waals surface area contributed by atoms with Gasteiger partial charge in [-0.2, -0.15) is 0 Å². The van der Waals surface area contributed by atoms with Crippen molar-refractivity contribution in [1.82, 2.24) is 0 Å². The molecule has 0 fully saturated rings. The molecule has 100 valence electrons. The molecule has 1 aromatic carbocycles. The van der Waals surface area contributed by atoms with E-state index in [4.69, 9.17) is 10.5 Å². The van der Waals surface area contributed by atoms with Crippen LogP contribution in [-0.4, -0.2) is 13.2 Å². The Bertz CT molecular complexity index is 406. The van der Waals surface area contributed by atoms with E-state index in [1.807, 2.05) is 0 Å². The van der Waals surface area contributed by atoms with E-state index in [9.17, 15) is 0 Å². The summed E-state index contributed by atoms with van der Waals surface area (Å²) in [6.45, 7) is 8.35. The van der Waals surface area contributed by atoms with Crippen LogP contribution < -0.4 is 10.5 Å². The van der Waals surface area contributed by atoms with Crippen LogP contribution in [0.3, 0.4) is 0 Å². The Labute approximate surface area is 111 Å². The van der Waals surface area contributed by atoms with E-state index in [-0.39, 0.29) is 5.41 Å². The van der Waals surface area contributed by atoms with Crippen molar-refractivity contribution in [3.63, 3.8) is 0 Å². The smallest absolute Gasteiger partial charge is 0.122 e. The largest absolute Gasteiger partial charge is 0.493 e. The van der Waals surface area contributed by atoms with Gasteiger partial charge in [0.1, 0.15) is 5.75 Å². The van der Waals surface area contributed by atoms with E-state index in [0.717, 1.165) is 31.7 Å². The molecule has 1 atom stereocenters. The lowest BCUT2D eigenvalue weighted by molar-refractivity contribution is 0.315. The molecular formula is C16H25NO. The Morgan fingerprint density at radius 1 is 1.33 bits per heavy atom. The maximum absolute atomic E-state index is 5.85. The summed E-state index contributed by atoms with van der Waals surface area (Å²) in [6, 6.07) is 6.68. The molecule has 2 N–H and O–H groups in total. The standard InChI is InChI=1S/C16H25NO/c1-16(2,3)13-6-7-15-14(11-13)12(8-9-17)5-4-10-18-15/h6-7,11-12H,4-5,8-10,17H2,1-3H3. The minimum Gasteiger partial charge on any atom is -0.493 e. The third-order valence-corrected chi connectivity index (χ3v) is 3.79. The molecule has 1 heterocycles. The van der Waals surface area contributed by atoms with Crippen LogP contribution in [0.5, 0.6) is 5.75 Å². The normalized spacial score (nSPS) is 19.9. The highest BCUT2D eigenvalue weighted by Crippen LogP contribution is 2.37. The molecule has 0 aliphatic carbocycles. The lowest BCUT2D eigenvalue weighted by Gasteiger charge is -2.23. The second-order valence-corrected chi connectivity index (χ2v) is 6.27. The fourth-order valence-corrected chi connectivity index (χ4v) is 2.63. The maximum atomic E-state index is 5.85. The van der Waals surface area contributed by atoms with Crippen LogP contribution in [0.2, 0.25) is 0 Å². The van der Waals surface area contributed by atoms with Gasteiger partial charge in [0.15, 0.2) is 0 Å². The summed E-state index contributed by atoms with van der Waals surface area (Å²) in [5.74, 6) is 1.63. The van der Waals surface area contributed by atoms with Crippen molar-refractivity contribution in [3.05, 3.63) is 29.3 Å². The first kappa shape index (κ1) is 13.4. The summed E-state index contributed by atoms with van der Waals surface area (Å²) in [7, 11) is 0. The lowest BCUT2D eigenvalue weighted by Crippen LogP contribution is -2.13. The molecule has 2 nitrogen and oxygen atoms in total. The number of ether oxygens (including phenoxy) is 1. The van der Waals surface area contributed by atoms with Crippen molar-refractivity contribution in [2.45, 2.75) is 51.4 Å². The predicted octanol–water partition coefficient (Wildman–Crippen LogP) is 3.59. The molecule has 1 aliphatic rings. The molecule has 1 unspecified atom stereocenters. The Morgan fingerprint density at radius 2 is 2.11 bits per heavy atom. The van der Waals surface area contributed by atoms with Gasteiger partial charge in [-0.15, -0.1) is 0 Å². The SMILES string of the molecule is CC(C)(C)c1ccc2c(c1)C(CCN)CCCO2. The summed E-state index contributed by atoms with van der Waals surface area (Å²) in [4.78, 5) is 0. The van der Waals surface area contributed by atoms with E-state index >= 15 is 0 Å². The van der Waals surface area contributed by atoms with Gasteiger partial charge in [0, 0.05) is 0 Å². The Hall–Kier alpha value is -1.02. The van der Waals surface area contributed by atoms with Crippen molar-refractivity contribution < 1.29 is 4.74 Å². The molecule has 0 amide bonds. The van der Waals surface area contributed by atoms with Crippen LogP contribution in [-0.2, 0) is 5.41 Å². The number of hydrogen-bond donors (Lipinski definition) is 1. The molecule has 0 bridgehead atoms. The topological polar surface area (TPSA) is 35.2 Å². The summed E-state index contributed by atoms with van der Waals surface area (Å²) in [5.41, 5.74) is 8.69. The van der Waals surface area contributed by atoms with E-state index < -0.39 is 0 Å². The van der Waals surface area contributed by atoms with E-state index in [1.54, 1.807) is 0 Å². The van der Waals surface area contributed by atoms with Crippen molar-refractivity contribution in [1.29, 1.82) is 0 Å². The summed E-state index contributed by atoms with van der Waals surface area (Å²) >= 11 is 0. The van der Waals surface area contributed by atoms with Crippen LogP contribution in [0, 0.1) is 0 Å².